The van der Waals surface area contributed by atoms with Gasteiger partial charge in [-0.05, 0) is 42.3 Å². The van der Waals surface area contributed by atoms with Crippen LogP contribution in [0.2, 0.25) is 0 Å². The fourth-order valence-electron chi connectivity index (χ4n) is 1.39. The van der Waals surface area contributed by atoms with Crippen molar-refractivity contribution in [3.63, 3.8) is 0 Å². The van der Waals surface area contributed by atoms with Crippen LogP contribution in [0, 0.1) is 0 Å². The molecule has 17 heavy (non-hydrogen) atoms. The van der Waals surface area contributed by atoms with E-state index in [1.54, 1.807) is 12.1 Å². The van der Waals surface area contributed by atoms with Crippen LogP contribution in [0.3, 0.4) is 0 Å². The van der Waals surface area contributed by atoms with Crippen LogP contribution in [0.25, 0.3) is 0 Å². The van der Waals surface area contributed by atoms with Gasteiger partial charge in [0.25, 0.3) is 0 Å². The zero-order valence-electron chi connectivity index (χ0n) is 9.07. The SMILES string of the molecule is N[C@@H](CCCO)c1ccc(SC(F)(F)F)cc1. The highest BCUT2D eigenvalue weighted by atomic mass is 32.2. The van der Waals surface area contributed by atoms with Gasteiger partial charge in [0.05, 0.1) is 0 Å². The highest BCUT2D eigenvalue weighted by Crippen LogP contribution is 2.37. The Hall–Kier alpha value is -0.720. The Morgan fingerprint density at radius 2 is 1.82 bits per heavy atom. The van der Waals surface area contributed by atoms with Gasteiger partial charge in [-0.3, -0.25) is 0 Å². The van der Waals surface area contributed by atoms with E-state index in [2.05, 4.69) is 0 Å². The quantitative estimate of drug-likeness (QED) is 0.804. The van der Waals surface area contributed by atoms with Crippen molar-refractivity contribution >= 4 is 11.8 Å². The fourth-order valence-corrected chi connectivity index (χ4v) is 1.93. The van der Waals surface area contributed by atoms with Gasteiger partial charge in [0, 0.05) is 17.5 Å². The zero-order valence-corrected chi connectivity index (χ0v) is 9.89. The molecule has 6 heteroatoms. The lowest BCUT2D eigenvalue weighted by atomic mass is 10.0. The van der Waals surface area contributed by atoms with Crippen molar-refractivity contribution in [3.05, 3.63) is 29.8 Å². The maximum atomic E-state index is 12.1. The highest BCUT2D eigenvalue weighted by Gasteiger charge is 2.29. The van der Waals surface area contributed by atoms with Crippen molar-refractivity contribution in [2.75, 3.05) is 6.61 Å². The van der Waals surface area contributed by atoms with E-state index in [9.17, 15) is 13.2 Å². The van der Waals surface area contributed by atoms with Crippen LogP contribution in [-0.2, 0) is 0 Å². The van der Waals surface area contributed by atoms with Crippen molar-refractivity contribution in [2.45, 2.75) is 29.3 Å². The average Bonchev–Trinajstić information content (AvgIpc) is 2.24. The molecule has 0 unspecified atom stereocenters. The number of thioether (sulfide) groups is 1. The third kappa shape index (κ3) is 5.43. The van der Waals surface area contributed by atoms with Gasteiger partial charge in [0.15, 0.2) is 0 Å². The second-order valence-electron chi connectivity index (χ2n) is 3.59. The molecule has 96 valence electrons. The largest absolute Gasteiger partial charge is 0.446 e. The van der Waals surface area contributed by atoms with Crippen molar-refractivity contribution in [1.82, 2.24) is 0 Å². The molecule has 0 aliphatic carbocycles. The maximum absolute atomic E-state index is 12.1. The first-order valence-corrected chi connectivity index (χ1v) is 5.96. The number of aliphatic hydroxyl groups excluding tert-OH is 1. The Morgan fingerprint density at radius 3 is 2.29 bits per heavy atom. The first kappa shape index (κ1) is 14.3. The molecule has 1 aromatic carbocycles. The normalized spacial score (nSPS) is 13.7. The molecule has 0 heterocycles. The molecule has 0 saturated heterocycles. The Kier molecular flexibility index (Phi) is 5.30. The van der Waals surface area contributed by atoms with E-state index in [1.165, 1.54) is 12.1 Å². The van der Waals surface area contributed by atoms with E-state index in [0.717, 1.165) is 5.56 Å². The molecule has 0 amide bonds. The Morgan fingerprint density at radius 1 is 1.24 bits per heavy atom. The summed E-state index contributed by atoms with van der Waals surface area (Å²) >= 11 is -0.142. The van der Waals surface area contributed by atoms with Gasteiger partial charge < -0.3 is 10.8 Å². The first-order valence-electron chi connectivity index (χ1n) is 5.14. The Bertz CT molecular complexity index is 340. The van der Waals surface area contributed by atoms with Crippen molar-refractivity contribution in [2.24, 2.45) is 5.73 Å². The number of rotatable bonds is 5. The van der Waals surface area contributed by atoms with Gasteiger partial charge in [-0.1, -0.05) is 12.1 Å². The van der Waals surface area contributed by atoms with E-state index in [4.69, 9.17) is 10.8 Å². The summed E-state index contributed by atoms with van der Waals surface area (Å²) in [5.74, 6) is 0. The number of aliphatic hydroxyl groups is 1. The molecule has 0 radical (unpaired) electrons. The lowest BCUT2D eigenvalue weighted by Gasteiger charge is -2.12. The number of nitrogens with two attached hydrogens (primary N) is 1. The lowest BCUT2D eigenvalue weighted by Crippen LogP contribution is -2.10. The molecule has 3 N–H and O–H groups in total. The first-order chi connectivity index (χ1) is 7.92. The van der Waals surface area contributed by atoms with Crippen LogP contribution in [0.1, 0.15) is 24.4 Å². The maximum Gasteiger partial charge on any atom is 0.446 e. The Labute approximate surface area is 102 Å². The standard InChI is InChI=1S/C11H14F3NOS/c12-11(13,14)17-9-5-3-8(4-6-9)10(15)2-1-7-16/h3-6,10,16H,1-2,7,15H2/t10-/m0/s1. The molecular formula is C11H14F3NOS. The molecule has 1 rings (SSSR count). The number of hydrogen-bond donors (Lipinski definition) is 2. The predicted octanol–water partition coefficient (Wildman–Crippen LogP) is 3.07. The number of alkyl halides is 3. The summed E-state index contributed by atoms with van der Waals surface area (Å²) in [5, 5.41) is 8.65. The van der Waals surface area contributed by atoms with Crippen LogP contribution in [0.4, 0.5) is 13.2 Å². The molecule has 0 fully saturated rings. The van der Waals surface area contributed by atoms with Crippen LogP contribution in [0.5, 0.6) is 0 Å². The smallest absolute Gasteiger partial charge is 0.396 e. The summed E-state index contributed by atoms with van der Waals surface area (Å²) in [6.07, 6.45) is 1.20. The van der Waals surface area contributed by atoms with Crippen molar-refractivity contribution in [3.8, 4) is 0 Å². The van der Waals surface area contributed by atoms with Crippen molar-refractivity contribution < 1.29 is 18.3 Å². The van der Waals surface area contributed by atoms with E-state index >= 15 is 0 Å². The monoisotopic (exact) mass is 265 g/mol. The van der Waals surface area contributed by atoms with E-state index < -0.39 is 5.51 Å². The fraction of sp³-hybridized carbons (Fsp3) is 0.455. The third-order valence-corrected chi connectivity index (χ3v) is 2.95. The summed E-state index contributed by atoms with van der Waals surface area (Å²) in [7, 11) is 0. The summed E-state index contributed by atoms with van der Waals surface area (Å²) in [5.41, 5.74) is 2.34. The van der Waals surface area contributed by atoms with Gasteiger partial charge in [-0.25, -0.2) is 0 Å². The van der Waals surface area contributed by atoms with Gasteiger partial charge in [0.1, 0.15) is 0 Å². The van der Waals surface area contributed by atoms with Crippen molar-refractivity contribution in [1.29, 1.82) is 0 Å². The predicted molar refractivity (Wildman–Crippen MR) is 61.6 cm³/mol. The minimum Gasteiger partial charge on any atom is -0.396 e. The highest BCUT2D eigenvalue weighted by molar-refractivity contribution is 8.00. The lowest BCUT2D eigenvalue weighted by molar-refractivity contribution is -0.0328. The zero-order chi connectivity index (χ0) is 12.9. The summed E-state index contributed by atoms with van der Waals surface area (Å²) in [6, 6.07) is 5.76. The van der Waals surface area contributed by atoms with E-state index in [-0.39, 0.29) is 29.3 Å². The third-order valence-electron chi connectivity index (χ3n) is 2.22. The number of halogens is 3. The second kappa shape index (κ2) is 6.28. The number of benzene rings is 1. The molecule has 1 aromatic rings. The van der Waals surface area contributed by atoms with Gasteiger partial charge in [0.2, 0.25) is 0 Å². The summed E-state index contributed by atoms with van der Waals surface area (Å²) in [6.45, 7) is 0.0652. The van der Waals surface area contributed by atoms with E-state index in [0.29, 0.717) is 12.8 Å². The molecule has 0 aromatic heterocycles. The summed E-state index contributed by atoms with van der Waals surface area (Å²) < 4.78 is 36.2. The van der Waals surface area contributed by atoms with Gasteiger partial charge in [-0.15, -0.1) is 0 Å². The number of hydrogen-bond acceptors (Lipinski definition) is 3. The van der Waals surface area contributed by atoms with Crippen LogP contribution >= 0.6 is 11.8 Å². The topological polar surface area (TPSA) is 46.2 Å². The van der Waals surface area contributed by atoms with E-state index in [1.807, 2.05) is 0 Å². The Balaban J connectivity index is 2.61. The van der Waals surface area contributed by atoms with Crippen LogP contribution in [-0.4, -0.2) is 17.2 Å². The van der Waals surface area contributed by atoms with Crippen LogP contribution in [0.15, 0.2) is 29.2 Å². The molecule has 0 aliphatic heterocycles. The minimum atomic E-state index is -4.26. The molecule has 0 bridgehead atoms. The van der Waals surface area contributed by atoms with Gasteiger partial charge >= 0.3 is 5.51 Å². The molecule has 0 spiro atoms. The molecule has 0 saturated carbocycles. The molecule has 2 nitrogen and oxygen atoms in total. The molecular weight excluding hydrogens is 251 g/mol. The average molecular weight is 265 g/mol. The molecule has 1 atom stereocenters. The molecule has 0 aliphatic rings. The van der Waals surface area contributed by atoms with Gasteiger partial charge in [-0.2, -0.15) is 13.2 Å². The van der Waals surface area contributed by atoms with Crippen LogP contribution < -0.4 is 5.73 Å². The second-order valence-corrected chi connectivity index (χ2v) is 4.73. The summed E-state index contributed by atoms with van der Waals surface area (Å²) in [4.78, 5) is 0.149. The minimum absolute atomic E-state index is 0.0652.